The Morgan fingerprint density at radius 2 is 2.00 bits per heavy atom. The molecule has 0 saturated heterocycles. The number of nitrogens with one attached hydrogen (secondary N) is 1. The van der Waals surface area contributed by atoms with Gasteiger partial charge in [0.25, 0.3) is 0 Å². The first-order valence-corrected chi connectivity index (χ1v) is 7.42. The van der Waals surface area contributed by atoms with E-state index in [9.17, 15) is 13.9 Å². The van der Waals surface area contributed by atoms with E-state index in [0.29, 0.717) is 16.8 Å². The molecule has 0 atom stereocenters. The summed E-state index contributed by atoms with van der Waals surface area (Å²) in [5, 5.41) is 18.4. The van der Waals surface area contributed by atoms with Crippen LogP contribution in [-0.2, 0) is 0 Å². The molecule has 0 bridgehead atoms. The highest BCUT2D eigenvalue weighted by Crippen LogP contribution is 2.39. The predicted octanol–water partition coefficient (Wildman–Crippen LogP) is 3.11. The number of aromatic nitrogens is 4. The van der Waals surface area contributed by atoms with E-state index < -0.39 is 17.4 Å². The summed E-state index contributed by atoms with van der Waals surface area (Å²) in [5.74, 6) is -2.50. The Kier molecular flexibility index (Phi) is 2.76. The summed E-state index contributed by atoms with van der Waals surface area (Å²) in [5.41, 5.74) is 6.82. The number of nitrogens with two attached hydrogens (primary N) is 1. The van der Waals surface area contributed by atoms with E-state index in [1.165, 1.54) is 11.3 Å². The number of H-pyrrole nitrogens is 1. The molecule has 0 spiro atoms. The smallest absolute Gasteiger partial charge is 0.180 e. The third kappa shape index (κ3) is 1.86. The lowest BCUT2D eigenvalue weighted by atomic mass is 10.0. The molecule has 1 aromatic carbocycles. The van der Waals surface area contributed by atoms with Crippen LogP contribution in [0.3, 0.4) is 0 Å². The highest BCUT2D eigenvalue weighted by Gasteiger charge is 2.23. The molecular formula is C14H9F2N5OS. The van der Waals surface area contributed by atoms with Crippen molar-refractivity contribution in [2.24, 2.45) is 0 Å². The van der Waals surface area contributed by atoms with Gasteiger partial charge in [0.15, 0.2) is 22.3 Å². The van der Waals surface area contributed by atoms with Gasteiger partial charge in [-0.1, -0.05) is 0 Å². The normalized spacial score (nSPS) is 11.6. The molecule has 23 heavy (non-hydrogen) atoms. The number of phenolic OH excluding ortho intramolecular Hbond substituents is 1. The molecule has 0 aliphatic heterocycles. The van der Waals surface area contributed by atoms with Crippen LogP contribution in [0.25, 0.3) is 33.2 Å². The number of hydrogen-bond acceptors (Lipinski definition) is 6. The fraction of sp³-hybridized carbons (Fsp3) is 0.0714. The molecule has 0 amide bonds. The quantitative estimate of drug-likeness (QED) is 0.497. The lowest BCUT2D eigenvalue weighted by Gasteiger charge is -2.09. The third-order valence-corrected chi connectivity index (χ3v) is 4.27. The van der Waals surface area contributed by atoms with Crippen molar-refractivity contribution in [3.63, 3.8) is 0 Å². The molecule has 4 rings (SSSR count). The highest BCUT2D eigenvalue weighted by molar-refractivity contribution is 7.13. The van der Waals surface area contributed by atoms with Crippen molar-refractivity contribution in [3.8, 4) is 17.1 Å². The van der Waals surface area contributed by atoms with Crippen molar-refractivity contribution >= 4 is 38.3 Å². The number of thiazole rings is 1. The van der Waals surface area contributed by atoms with Crippen molar-refractivity contribution in [1.82, 2.24) is 20.2 Å². The van der Waals surface area contributed by atoms with Crippen LogP contribution < -0.4 is 5.73 Å². The number of aromatic amines is 1. The number of aromatic hydroxyl groups is 1. The third-order valence-electron chi connectivity index (χ3n) is 3.60. The second kappa shape index (κ2) is 4.59. The van der Waals surface area contributed by atoms with E-state index in [4.69, 9.17) is 5.73 Å². The van der Waals surface area contributed by atoms with Crippen molar-refractivity contribution in [1.29, 1.82) is 0 Å². The van der Waals surface area contributed by atoms with Gasteiger partial charge in [0.1, 0.15) is 17.2 Å². The first-order valence-electron chi connectivity index (χ1n) is 6.54. The maximum atomic E-state index is 14.5. The minimum absolute atomic E-state index is 0.0670. The van der Waals surface area contributed by atoms with Crippen LogP contribution in [0.4, 0.5) is 13.9 Å². The Bertz CT molecular complexity index is 1090. The van der Waals surface area contributed by atoms with E-state index in [-0.39, 0.29) is 27.2 Å². The van der Waals surface area contributed by atoms with Gasteiger partial charge < -0.3 is 10.8 Å². The second-order valence-electron chi connectivity index (χ2n) is 5.01. The average Bonchev–Trinajstić information content (AvgIpc) is 3.10. The predicted molar refractivity (Wildman–Crippen MR) is 83.2 cm³/mol. The molecule has 0 aliphatic rings. The van der Waals surface area contributed by atoms with Gasteiger partial charge in [0.2, 0.25) is 0 Å². The molecule has 0 unspecified atom stereocenters. The van der Waals surface area contributed by atoms with Crippen molar-refractivity contribution in [3.05, 3.63) is 28.8 Å². The summed E-state index contributed by atoms with van der Waals surface area (Å²) in [6, 6.07) is 0.722. The number of aryl methyl sites for hydroxylation is 1. The number of nitrogen functional groups attached to an aromatic ring is 1. The Morgan fingerprint density at radius 3 is 2.70 bits per heavy atom. The molecule has 0 saturated carbocycles. The Morgan fingerprint density at radius 1 is 1.22 bits per heavy atom. The standard InChI is InChI=1S/C14H9F2N5OS/c1-4-8-10-9(5(15)2-7(22)11(10)16)12(19-13(8)21-20-4)6-3-23-14(17)18-6/h2-3,22H,1H3,(H2,17,18)(H,19,20,21). The SMILES string of the molecule is Cc1n[nH]c2nc(-c3csc(N)n3)c3c(F)cc(O)c(F)c3c12. The van der Waals surface area contributed by atoms with Gasteiger partial charge in [0.05, 0.1) is 11.1 Å². The molecule has 6 nitrogen and oxygen atoms in total. The van der Waals surface area contributed by atoms with Gasteiger partial charge in [0, 0.05) is 22.2 Å². The topological polar surface area (TPSA) is 101 Å². The number of anilines is 1. The molecule has 0 aliphatic carbocycles. The molecular weight excluding hydrogens is 324 g/mol. The van der Waals surface area contributed by atoms with Crippen LogP contribution in [0.1, 0.15) is 5.69 Å². The fourth-order valence-electron chi connectivity index (χ4n) is 2.63. The number of halogens is 2. The minimum Gasteiger partial charge on any atom is -0.505 e. The number of benzene rings is 1. The van der Waals surface area contributed by atoms with Gasteiger partial charge in [-0.25, -0.2) is 18.7 Å². The van der Waals surface area contributed by atoms with Crippen molar-refractivity contribution < 1.29 is 13.9 Å². The lowest BCUT2D eigenvalue weighted by Crippen LogP contribution is -1.95. The number of phenols is 1. The fourth-order valence-corrected chi connectivity index (χ4v) is 3.18. The number of pyridine rings is 1. The summed E-state index contributed by atoms with van der Waals surface area (Å²) in [6.45, 7) is 1.64. The summed E-state index contributed by atoms with van der Waals surface area (Å²) >= 11 is 1.17. The first kappa shape index (κ1) is 13.8. The van der Waals surface area contributed by atoms with E-state index in [1.54, 1.807) is 12.3 Å². The largest absolute Gasteiger partial charge is 0.505 e. The van der Waals surface area contributed by atoms with Crippen LogP contribution in [0.15, 0.2) is 11.4 Å². The van der Waals surface area contributed by atoms with Gasteiger partial charge in [-0.3, -0.25) is 5.10 Å². The van der Waals surface area contributed by atoms with Crippen LogP contribution >= 0.6 is 11.3 Å². The first-order chi connectivity index (χ1) is 11.0. The van der Waals surface area contributed by atoms with Gasteiger partial charge in [-0.15, -0.1) is 11.3 Å². The molecule has 3 aromatic heterocycles. The van der Waals surface area contributed by atoms with Crippen molar-refractivity contribution in [2.75, 3.05) is 5.73 Å². The maximum Gasteiger partial charge on any atom is 0.180 e. The molecule has 116 valence electrons. The van der Waals surface area contributed by atoms with Crippen molar-refractivity contribution in [2.45, 2.75) is 6.92 Å². The zero-order valence-electron chi connectivity index (χ0n) is 11.7. The van der Waals surface area contributed by atoms with Crippen LogP contribution in [0.5, 0.6) is 5.75 Å². The van der Waals surface area contributed by atoms with E-state index in [2.05, 4.69) is 20.2 Å². The molecule has 9 heteroatoms. The summed E-state index contributed by atoms with van der Waals surface area (Å²) in [6.07, 6.45) is 0. The zero-order chi connectivity index (χ0) is 16.3. The Labute approximate surface area is 131 Å². The van der Waals surface area contributed by atoms with E-state index >= 15 is 0 Å². The van der Waals surface area contributed by atoms with Gasteiger partial charge in [-0.05, 0) is 6.92 Å². The van der Waals surface area contributed by atoms with E-state index in [0.717, 1.165) is 6.07 Å². The molecule has 4 aromatic rings. The summed E-state index contributed by atoms with van der Waals surface area (Å²) in [7, 11) is 0. The number of fused-ring (bicyclic) bond motifs is 3. The number of rotatable bonds is 1. The Hall–Kier alpha value is -2.81. The maximum absolute atomic E-state index is 14.5. The number of nitrogens with zero attached hydrogens (tertiary/aromatic N) is 3. The Balaban J connectivity index is 2.29. The molecule has 0 radical (unpaired) electrons. The minimum atomic E-state index is -0.928. The van der Waals surface area contributed by atoms with Gasteiger partial charge in [-0.2, -0.15) is 5.10 Å². The number of hydrogen-bond donors (Lipinski definition) is 3. The molecule has 3 heterocycles. The van der Waals surface area contributed by atoms with Crippen LogP contribution in [-0.4, -0.2) is 25.3 Å². The van der Waals surface area contributed by atoms with Crippen LogP contribution in [0, 0.1) is 18.6 Å². The highest BCUT2D eigenvalue weighted by atomic mass is 32.1. The second-order valence-corrected chi connectivity index (χ2v) is 5.90. The van der Waals surface area contributed by atoms with E-state index in [1.807, 2.05) is 0 Å². The van der Waals surface area contributed by atoms with Gasteiger partial charge >= 0.3 is 0 Å². The monoisotopic (exact) mass is 333 g/mol. The summed E-state index contributed by atoms with van der Waals surface area (Å²) in [4.78, 5) is 8.41. The molecule has 4 N–H and O–H groups in total. The zero-order valence-corrected chi connectivity index (χ0v) is 12.5. The summed E-state index contributed by atoms with van der Waals surface area (Å²) < 4.78 is 29.0. The molecule has 0 fully saturated rings. The average molecular weight is 333 g/mol. The van der Waals surface area contributed by atoms with Crippen LogP contribution in [0.2, 0.25) is 0 Å². The lowest BCUT2D eigenvalue weighted by molar-refractivity contribution is 0.431.